The van der Waals surface area contributed by atoms with Gasteiger partial charge in [0.2, 0.25) is 0 Å². The van der Waals surface area contributed by atoms with Crippen LogP contribution in [0.15, 0.2) is 0 Å². The molecule has 0 radical (unpaired) electrons. The molecule has 0 saturated heterocycles. The summed E-state index contributed by atoms with van der Waals surface area (Å²) >= 11 is 0. The Labute approximate surface area is 170 Å². The molecule has 5 nitrogen and oxygen atoms in total. The zero-order valence-electron chi connectivity index (χ0n) is 14.6. The summed E-state index contributed by atoms with van der Waals surface area (Å²) in [6.45, 7) is 2.81. The van der Waals surface area contributed by atoms with Crippen LogP contribution in [0.4, 0.5) is 0 Å². The van der Waals surface area contributed by atoms with Gasteiger partial charge in [0.25, 0.3) is 0 Å². The van der Waals surface area contributed by atoms with Gasteiger partial charge in [-0.25, -0.2) is 0 Å². The molecule has 23 heavy (non-hydrogen) atoms. The van der Waals surface area contributed by atoms with Gasteiger partial charge in [-0.05, 0) is 25.8 Å². The molecule has 0 aliphatic carbocycles. The average molecular weight is 354 g/mol. The van der Waals surface area contributed by atoms with Crippen molar-refractivity contribution in [1.82, 2.24) is 5.32 Å². The standard InChI is InChI=1S/C17H33NO4.Ca/c1-2-3-4-5-6-7-8-9-10-11-14-18-15(17(21)22)12-13-16(19)20;/h15,18H,2-14H2,1H3,(H,19,20)(H,21,22);/q;+2/p-2/t15-;/m1./s1. The molecule has 0 aromatic carbocycles. The van der Waals surface area contributed by atoms with Gasteiger partial charge in [-0.1, -0.05) is 64.7 Å². The van der Waals surface area contributed by atoms with Crippen LogP contribution in [0.1, 0.15) is 84.0 Å². The smallest absolute Gasteiger partial charge is 0.550 e. The molecule has 1 N–H and O–H groups in total. The van der Waals surface area contributed by atoms with E-state index in [0.717, 1.165) is 12.8 Å². The zero-order chi connectivity index (χ0) is 16.6. The van der Waals surface area contributed by atoms with E-state index in [4.69, 9.17) is 0 Å². The first-order valence-electron chi connectivity index (χ1n) is 8.72. The van der Waals surface area contributed by atoms with Gasteiger partial charge in [-0.15, -0.1) is 0 Å². The Bertz CT molecular complexity index is 300. The molecule has 0 amide bonds. The number of rotatable bonds is 16. The number of nitrogens with one attached hydrogen (secondary N) is 1. The molecule has 0 aromatic heterocycles. The van der Waals surface area contributed by atoms with Crippen molar-refractivity contribution in [2.75, 3.05) is 6.54 Å². The van der Waals surface area contributed by atoms with Crippen LogP contribution in [-0.2, 0) is 9.59 Å². The molecule has 0 aliphatic heterocycles. The Morgan fingerprint density at radius 3 is 1.78 bits per heavy atom. The molecule has 0 fully saturated rings. The van der Waals surface area contributed by atoms with E-state index < -0.39 is 18.0 Å². The zero-order valence-corrected chi connectivity index (χ0v) is 16.8. The summed E-state index contributed by atoms with van der Waals surface area (Å²) in [5, 5.41) is 24.0. The quantitative estimate of drug-likeness (QED) is 0.327. The number of carboxylic acids is 2. The maximum atomic E-state index is 10.8. The van der Waals surface area contributed by atoms with Crippen molar-refractivity contribution >= 4 is 49.7 Å². The van der Waals surface area contributed by atoms with Crippen molar-refractivity contribution in [3.8, 4) is 0 Å². The molecule has 0 heterocycles. The number of carbonyl (C=O) groups excluding carboxylic acids is 2. The van der Waals surface area contributed by atoms with Crippen LogP contribution in [0.2, 0.25) is 0 Å². The van der Waals surface area contributed by atoms with Crippen molar-refractivity contribution in [3.63, 3.8) is 0 Å². The largest absolute Gasteiger partial charge is 2.00 e. The van der Waals surface area contributed by atoms with Gasteiger partial charge in [0.1, 0.15) is 0 Å². The number of unbranched alkanes of at least 4 members (excludes halogenated alkanes) is 9. The Balaban J connectivity index is 0. The van der Waals surface area contributed by atoms with Crippen molar-refractivity contribution in [1.29, 1.82) is 0 Å². The molecular weight excluding hydrogens is 322 g/mol. The number of hydrogen-bond acceptors (Lipinski definition) is 5. The van der Waals surface area contributed by atoms with Crippen LogP contribution in [0, 0.1) is 0 Å². The van der Waals surface area contributed by atoms with Crippen LogP contribution in [0.25, 0.3) is 0 Å². The Hall–Kier alpha value is 0.160. The van der Waals surface area contributed by atoms with E-state index in [-0.39, 0.29) is 50.6 Å². The Morgan fingerprint density at radius 2 is 1.35 bits per heavy atom. The van der Waals surface area contributed by atoms with Gasteiger partial charge in [-0.3, -0.25) is 0 Å². The predicted octanol–water partition coefficient (Wildman–Crippen LogP) is 0.765. The van der Waals surface area contributed by atoms with Crippen LogP contribution < -0.4 is 15.5 Å². The fourth-order valence-electron chi connectivity index (χ4n) is 2.45. The van der Waals surface area contributed by atoms with E-state index in [1.54, 1.807) is 0 Å². The molecule has 130 valence electrons. The van der Waals surface area contributed by atoms with E-state index in [9.17, 15) is 19.8 Å². The molecule has 0 spiro atoms. The fraction of sp³-hybridized carbons (Fsp3) is 0.882. The third kappa shape index (κ3) is 18.3. The van der Waals surface area contributed by atoms with Gasteiger partial charge < -0.3 is 25.1 Å². The summed E-state index contributed by atoms with van der Waals surface area (Å²) in [6.07, 6.45) is 12.0. The maximum absolute atomic E-state index is 10.8. The van der Waals surface area contributed by atoms with E-state index in [1.807, 2.05) is 0 Å². The second kappa shape index (κ2) is 18.5. The number of aliphatic carboxylic acids is 2. The molecule has 0 rings (SSSR count). The molecule has 0 aliphatic rings. The third-order valence-corrected chi connectivity index (χ3v) is 3.84. The van der Waals surface area contributed by atoms with Gasteiger partial charge in [0.05, 0.1) is 5.97 Å². The van der Waals surface area contributed by atoms with Crippen LogP contribution in [0.5, 0.6) is 0 Å². The first kappa shape index (κ1) is 25.4. The molecule has 0 saturated carbocycles. The molecule has 0 bridgehead atoms. The fourth-order valence-corrected chi connectivity index (χ4v) is 2.45. The first-order chi connectivity index (χ1) is 10.6. The van der Waals surface area contributed by atoms with E-state index in [2.05, 4.69) is 12.2 Å². The molecule has 0 unspecified atom stereocenters. The summed E-state index contributed by atoms with van der Waals surface area (Å²) in [4.78, 5) is 21.2. The Kier molecular flexibility index (Phi) is 20.4. The topological polar surface area (TPSA) is 92.3 Å². The summed E-state index contributed by atoms with van der Waals surface area (Å²) in [6, 6.07) is -0.892. The average Bonchev–Trinajstić information content (AvgIpc) is 2.47. The maximum Gasteiger partial charge on any atom is 2.00 e. The van der Waals surface area contributed by atoms with E-state index >= 15 is 0 Å². The molecule has 1 atom stereocenters. The summed E-state index contributed by atoms with van der Waals surface area (Å²) in [5.41, 5.74) is 0. The second-order valence-corrected chi connectivity index (χ2v) is 5.92. The monoisotopic (exact) mass is 353 g/mol. The SMILES string of the molecule is CCCCCCCCCCCCN[C@H](CCC(=O)[O-])C(=O)[O-].[Ca+2]. The van der Waals surface area contributed by atoms with E-state index in [1.165, 1.54) is 51.4 Å². The number of carboxylic acid groups (broad SMARTS) is 2. The van der Waals surface area contributed by atoms with Gasteiger partial charge >= 0.3 is 37.7 Å². The van der Waals surface area contributed by atoms with Crippen LogP contribution in [-0.4, -0.2) is 62.3 Å². The van der Waals surface area contributed by atoms with Crippen molar-refractivity contribution < 1.29 is 19.8 Å². The molecule has 6 heteroatoms. The van der Waals surface area contributed by atoms with Crippen LogP contribution >= 0.6 is 0 Å². The van der Waals surface area contributed by atoms with Crippen LogP contribution in [0.3, 0.4) is 0 Å². The number of hydrogen-bond donors (Lipinski definition) is 1. The minimum Gasteiger partial charge on any atom is -0.550 e. The third-order valence-electron chi connectivity index (χ3n) is 3.84. The second-order valence-electron chi connectivity index (χ2n) is 5.92. The predicted molar refractivity (Wildman–Crippen MR) is 88.6 cm³/mol. The van der Waals surface area contributed by atoms with Crippen molar-refractivity contribution in [2.24, 2.45) is 0 Å². The number of carbonyl (C=O) groups is 2. The van der Waals surface area contributed by atoms with Crippen molar-refractivity contribution in [3.05, 3.63) is 0 Å². The Morgan fingerprint density at radius 1 is 0.870 bits per heavy atom. The summed E-state index contributed by atoms with van der Waals surface area (Å²) in [7, 11) is 0. The van der Waals surface area contributed by atoms with Crippen molar-refractivity contribution in [2.45, 2.75) is 90.0 Å². The summed E-state index contributed by atoms with van der Waals surface area (Å²) < 4.78 is 0. The van der Waals surface area contributed by atoms with Gasteiger partial charge in [0, 0.05) is 12.0 Å². The molecule has 0 aromatic rings. The summed E-state index contributed by atoms with van der Waals surface area (Å²) in [5.74, 6) is -2.47. The molecular formula is C17H31CaNO4. The normalized spacial score (nSPS) is 11.7. The minimum absolute atomic E-state index is 0. The minimum atomic E-state index is -1.24. The van der Waals surface area contributed by atoms with Gasteiger partial charge in [0.15, 0.2) is 0 Å². The first-order valence-corrected chi connectivity index (χ1v) is 8.72. The van der Waals surface area contributed by atoms with Gasteiger partial charge in [-0.2, -0.15) is 0 Å². The van der Waals surface area contributed by atoms with E-state index in [0.29, 0.717) is 6.54 Å².